The summed E-state index contributed by atoms with van der Waals surface area (Å²) in [5.41, 5.74) is 1.87. The van der Waals surface area contributed by atoms with Crippen molar-refractivity contribution < 1.29 is 9.59 Å². The standard InChI is InChI=1S/C26H34ClN7O2/c1-32-12-9-18(10-13-32)29-25(36)17-7-8-21(20(27)15-17)30-26-28-16-22-24(31-26)34(19-5-3-4-6-19)14-11-23(35)33(22)2/h7-8,15-16,18-19H,3-6,9-14H2,1-2H3,(H,29,36)(H,28,30,31). The summed E-state index contributed by atoms with van der Waals surface area (Å²) >= 11 is 6.56. The molecule has 2 N–H and O–H groups in total. The van der Waals surface area contributed by atoms with Crippen LogP contribution in [0.25, 0.3) is 0 Å². The molecule has 2 aliphatic heterocycles. The van der Waals surface area contributed by atoms with E-state index in [1.807, 2.05) is 0 Å². The van der Waals surface area contributed by atoms with E-state index >= 15 is 0 Å². The van der Waals surface area contributed by atoms with Crippen LogP contribution in [0.5, 0.6) is 0 Å². The van der Waals surface area contributed by atoms with Crippen molar-refractivity contribution in [3.63, 3.8) is 0 Å². The number of piperidine rings is 1. The Morgan fingerprint density at radius 2 is 1.83 bits per heavy atom. The SMILES string of the molecule is CN1CCC(NC(=O)c2ccc(Nc3ncc4c(n3)N(C3CCCC3)CCC(=O)N4C)c(Cl)c2)CC1. The highest BCUT2D eigenvalue weighted by Gasteiger charge is 2.31. The van der Waals surface area contributed by atoms with E-state index in [0.717, 1.165) is 50.3 Å². The lowest BCUT2D eigenvalue weighted by Gasteiger charge is -2.30. The molecule has 3 heterocycles. The summed E-state index contributed by atoms with van der Waals surface area (Å²) in [6.07, 6.45) is 8.67. The molecular weight excluding hydrogens is 478 g/mol. The van der Waals surface area contributed by atoms with E-state index in [2.05, 4.69) is 32.5 Å². The van der Waals surface area contributed by atoms with E-state index in [1.54, 1.807) is 36.3 Å². The molecule has 2 aromatic rings. The average molecular weight is 512 g/mol. The number of hydrogen-bond acceptors (Lipinski definition) is 7. The van der Waals surface area contributed by atoms with Crippen LogP contribution in [-0.4, -0.2) is 72.5 Å². The fourth-order valence-corrected chi connectivity index (χ4v) is 5.60. The van der Waals surface area contributed by atoms with Gasteiger partial charge in [0.1, 0.15) is 5.69 Å². The zero-order valence-electron chi connectivity index (χ0n) is 21.0. The normalized spacial score (nSPS) is 19.8. The fourth-order valence-electron chi connectivity index (χ4n) is 5.37. The number of likely N-dealkylation sites (tertiary alicyclic amines) is 1. The Morgan fingerprint density at radius 3 is 2.56 bits per heavy atom. The molecule has 3 aliphatic rings. The van der Waals surface area contributed by atoms with Crippen molar-refractivity contribution in [2.45, 2.75) is 57.0 Å². The lowest BCUT2D eigenvalue weighted by molar-refractivity contribution is -0.118. The van der Waals surface area contributed by atoms with Crippen LogP contribution in [0.3, 0.4) is 0 Å². The van der Waals surface area contributed by atoms with Crippen LogP contribution in [-0.2, 0) is 4.79 Å². The number of fused-ring (bicyclic) bond motifs is 1. The Bertz CT molecular complexity index is 1130. The number of halogens is 1. The molecular formula is C26H34ClN7O2. The van der Waals surface area contributed by atoms with Crippen molar-refractivity contribution in [2.75, 3.05) is 48.8 Å². The molecule has 0 atom stereocenters. The smallest absolute Gasteiger partial charge is 0.251 e. The van der Waals surface area contributed by atoms with E-state index < -0.39 is 0 Å². The summed E-state index contributed by atoms with van der Waals surface area (Å²) < 4.78 is 0. The maximum absolute atomic E-state index is 12.8. The lowest BCUT2D eigenvalue weighted by Crippen LogP contribution is -2.43. The molecule has 0 radical (unpaired) electrons. The monoisotopic (exact) mass is 511 g/mol. The molecule has 0 unspecified atom stereocenters. The number of nitrogens with one attached hydrogen (secondary N) is 2. The van der Waals surface area contributed by atoms with Crippen LogP contribution in [0.15, 0.2) is 24.4 Å². The van der Waals surface area contributed by atoms with Gasteiger partial charge >= 0.3 is 0 Å². The minimum Gasteiger partial charge on any atom is -0.351 e. The molecule has 36 heavy (non-hydrogen) atoms. The van der Waals surface area contributed by atoms with Crippen LogP contribution in [0, 0.1) is 0 Å². The van der Waals surface area contributed by atoms with Gasteiger partial charge in [-0.05, 0) is 64.0 Å². The third-order valence-corrected chi connectivity index (χ3v) is 7.93. The molecule has 192 valence electrons. The average Bonchev–Trinajstić information content (AvgIpc) is 3.37. The van der Waals surface area contributed by atoms with Crippen molar-refractivity contribution in [3.05, 3.63) is 35.0 Å². The van der Waals surface area contributed by atoms with Gasteiger partial charge in [0.2, 0.25) is 11.9 Å². The number of hydrogen-bond donors (Lipinski definition) is 2. The van der Waals surface area contributed by atoms with Gasteiger partial charge in [-0.2, -0.15) is 4.98 Å². The molecule has 0 bridgehead atoms. The number of anilines is 4. The van der Waals surface area contributed by atoms with Crippen molar-refractivity contribution in [3.8, 4) is 0 Å². The highest BCUT2D eigenvalue weighted by molar-refractivity contribution is 6.33. The van der Waals surface area contributed by atoms with E-state index in [1.165, 1.54) is 12.8 Å². The van der Waals surface area contributed by atoms with Gasteiger partial charge in [-0.15, -0.1) is 0 Å². The Morgan fingerprint density at radius 1 is 1.08 bits per heavy atom. The maximum Gasteiger partial charge on any atom is 0.251 e. The quantitative estimate of drug-likeness (QED) is 0.630. The largest absolute Gasteiger partial charge is 0.351 e. The molecule has 1 aromatic carbocycles. The number of amides is 2. The molecule has 10 heteroatoms. The molecule has 0 spiro atoms. The van der Waals surface area contributed by atoms with Gasteiger partial charge in [0.15, 0.2) is 5.82 Å². The van der Waals surface area contributed by atoms with Gasteiger partial charge in [-0.25, -0.2) is 4.98 Å². The van der Waals surface area contributed by atoms with Crippen LogP contribution in [0.2, 0.25) is 5.02 Å². The molecule has 5 rings (SSSR count). The summed E-state index contributed by atoms with van der Waals surface area (Å²) in [5, 5.41) is 6.76. The van der Waals surface area contributed by atoms with Crippen molar-refractivity contribution in [2.24, 2.45) is 0 Å². The highest BCUT2D eigenvalue weighted by atomic mass is 35.5. The number of aromatic nitrogens is 2. The van der Waals surface area contributed by atoms with Crippen molar-refractivity contribution in [1.82, 2.24) is 20.2 Å². The summed E-state index contributed by atoms with van der Waals surface area (Å²) in [5.74, 6) is 1.14. The zero-order chi connectivity index (χ0) is 25.2. The number of nitrogens with zero attached hydrogens (tertiary/aromatic N) is 5. The van der Waals surface area contributed by atoms with Crippen LogP contribution >= 0.6 is 11.6 Å². The second kappa shape index (κ2) is 10.6. The molecule has 2 amide bonds. The van der Waals surface area contributed by atoms with Gasteiger partial charge in [0.25, 0.3) is 5.91 Å². The predicted molar refractivity (Wildman–Crippen MR) is 142 cm³/mol. The van der Waals surface area contributed by atoms with Gasteiger partial charge in [-0.1, -0.05) is 24.4 Å². The van der Waals surface area contributed by atoms with Crippen molar-refractivity contribution >= 4 is 46.6 Å². The maximum atomic E-state index is 12.8. The fraction of sp³-hybridized carbons (Fsp3) is 0.538. The van der Waals surface area contributed by atoms with Crippen LogP contribution in [0.4, 0.5) is 23.1 Å². The first-order valence-electron chi connectivity index (χ1n) is 12.9. The topological polar surface area (TPSA) is 93.7 Å². The van der Waals surface area contributed by atoms with E-state index in [9.17, 15) is 9.59 Å². The number of carbonyl (C=O) groups excluding carboxylic acids is 2. The molecule has 1 aliphatic carbocycles. The van der Waals surface area contributed by atoms with Gasteiger partial charge in [-0.3, -0.25) is 9.59 Å². The minimum atomic E-state index is -0.112. The van der Waals surface area contributed by atoms with Crippen LogP contribution < -0.4 is 20.4 Å². The first-order valence-corrected chi connectivity index (χ1v) is 13.2. The van der Waals surface area contributed by atoms with Crippen LogP contribution in [0.1, 0.15) is 55.3 Å². The van der Waals surface area contributed by atoms with E-state index in [4.69, 9.17) is 16.6 Å². The van der Waals surface area contributed by atoms with Crippen molar-refractivity contribution in [1.29, 1.82) is 0 Å². The Balaban J connectivity index is 1.33. The van der Waals surface area contributed by atoms with Gasteiger partial charge in [0, 0.05) is 37.7 Å². The van der Waals surface area contributed by atoms with E-state index in [-0.39, 0.29) is 17.9 Å². The second-order valence-corrected chi connectivity index (χ2v) is 10.5. The second-order valence-electron chi connectivity index (χ2n) is 10.1. The first kappa shape index (κ1) is 24.8. The number of carbonyl (C=O) groups is 2. The molecule has 9 nitrogen and oxygen atoms in total. The summed E-state index contributed by atoms with van der Waals surface area (Å²) in [6, 6.07) is 5.79. The third-order valence-electron chi connectivity index (χ3n) is 7.62. The third kappa shape index (κ3) is 5.27. The van der Waals surface area contributed by atoms with Gasteiger partial charge in [0.05, 0.1) is 16.9 Å². The Kier molecular flexibility index (Phi) is 7.29. The molecule has 1 saturated carbocycles. The molecule has 2 fully saturated rings. The molecule has 1 aromatic heterocycles. The summed E-state index contributed by atoms with van der Waals surface area (Å²) in [6.45, 7) is 2.62. The predicted octanol–water partition coefficient (Wildman–Crippen LogP) is 3.81. The summed E-state index contributed by atoms with van der Waals surface area (Å²) in [4.78, 5) is 40.8. The zero-order valence-corrected chi connectivity index (χ0v) is 21.7. The van der Waals surface area contributed by atoms with E-state index in [0.29, 0.717) is 41.2 Å². The summed E-state index contributed by atoms with van der Waals surface area (Å²) in [7, 11) is 3.88. The highest BCUT2D eigenvalue weighted by Crippen LogP contribution is 2.36. The first-order chi connectivity index (χ1) is 17.4. The number of benzene rings is 1. The Hall–Kier alpha value is -2.91. The minimum absolute atomic E-state index is 0.0678. The number of rotatable bonds is 5. The van der Waals surface area contributed by atoms with Gasteiger partial charge < -0.3 is 25.3 Å². The Labute approximate surface area is 217 Å². The lowest BCUT2D eigenvalue weighted by atomic mass is 10.0. The molecule has 1 saturated heterocycles.